The number of benzene rings is 1. The highest BCUT2D eigenvalue weighted by Crippen LogP contribution is 2.45. The van der Waals surface area contributed by atoms with Gasteiger partial charge >= 0.3 is 0 Å². The predicted octanol–water partition coefficient (Wildman–Crippen LogP) is 6.72. The molecule has 22 heavy (non-hydrogen) atoms. The summed E-state index contributed by atoms with van der Waals surface area (Å²) in [4.78, 5) is 0. The zero-order valence-electron chi connectivity index (χ0n) is 14.9. The minimum atomic E-state index is 0.607. The SMILES string of the molecule is CCCCCCC1(C)CCC(c2ccc(OCC)cc2)CC1. The summed E-state index contributed by atoms with van der Waals surface area (Å²) >= 11 is 0. The lowest BCUT2D eigenvalue weighted by atomic mass is 9.68. The maximum absolute atomic E-state index is 5.55. The van der Waals surface area contributed by atoms with Crippen molar-refractivity contribution in [2.75, 3.05) is 6.61 Å². The second-order valence-corrected chi connectivity index (χ2v) is 7.40. The van der Waals surface area contributed by atoms with Crippen LogP contribution in [0.2, 0.25) is 0 Å². The minimum absolute atomic E-state index is 0.607. The third-order valence-corrected chi connectivity index (χ3v) is 5.49. The van der Waals surface area contributed by atoms with Gasteiger partial charge in [0.2, 0.25) is 0 Å². The molecule has 0 heterocycles. The van der Waals surface area contributed by atoms with Crippen LogP contribution in [-0.4, -0.2) is 6.61 Å². The second-order valence-electron chi connectivity index (χ2n) is 7.40. The van der Waals surface area contributed by atoms with E-state index in [0.717, 1.165) is 18.3 Å². The van der Waals surface area contributed by atoms with Crippen LogP contribution in [0.1, 0.15) is 90.0 Å². The summed E-state index contributed by atoms with van der Waals surface area (Å²) in [5, 5.41) is 0. The molecule has 1 aliphatic carbocycles. The Balaban J connectivity index is 1.80. The number of hydrogen-bond acceptors (Lipinski definition) is 1. The van der Waals surface area contributed by atoms with Gasteiger partial charge in [-0.3, -0.25) is 0 Å². The monoisotopic (exact) mass is 302 g/mol. The van der Waals surface area contributed by atoms with Crippen molar-refractivity contribution >= 4 is 0 Å². The third-order valence-electron chi connectivity index (χ3n) is 5.49. The molecular formula is C21H34O. The summed E-state index contributed by atoms with van der Waals surface area (Å²) in [6.07, 6.45) is 12.6. The zero-order chi connectivity index (χ0) is 15.8. The molecule has 2 rings (SSSR count). The summed E-state index contributed by atoms with van der Waals surface area (Å²) in [5.74, 6) is 1.77. The van der Waals surface area contributed by atoms with Crippen molar-refractivity contribution < 1.29 is 4.74 Å². The Morgan fingerprint density at radius 1 is 1.00 bits per heavy atom. The van der Waals surface area contributed by atoms with Crippen LogP contribution < -0.4 is 4.74 Å². The lowest BCUT2D eigenvalue weighted by Gasteiger charge is -2.38. The molecule has 124 valence electrons. The van der Waals surface area contributed by atoms with E-state index >= 15 is 0 Å². The molecule has 1 saturated carbocycles. The van der Waals surface area contributed by atoms with Gasteiger partial charge in [0.15, 0.2) is 0 Å². The van der Waals surface area contributed by atoms with E-state index < -0.39 is 0 Å². The molecular weight excluding hydrogens is 268 g/mol. The van der Waals surface area contributed by atoms with Gasteiger partial charge in [0, 0.05) is 0 Å². The molecule has 0 saturated heterocycles. The van der Waals surface area contributed by atoms with E-state index in [4.69, 9.17) is 4.74 Å². The van der Waals surface area contributed by atoms with Crippen molar-refractivity contribution in [2.45, 2.75) is 84.5 Å². The number of rotatable bonds is 8. The highest BCUT2D eigenvalue weighted by molar-refractivity contribution is 5.29. The standard InChI is InChI=1S/C21H34O/c1-4-6-7-8-15-21(3)16-13-19(14-17-21)18-9-11-20(12-10-18)22-5-2/h9-12,19H,4-8,13-17H2,1-3H3. The van der Waals surface area contributed by atoms with E-state index in [0.29, 0.717) is 5.41 Å². The fourth-order valence-corrected chi connectivity index (χ4v) is 3.88. The second kappa shape index (κ2) is 8.60. The molecule has 0 bridgehead atoms. The molecule has 0 amide bonds. The quantitative estimate of drug-likeness (QED) is 0.484. The highest BCUT2D eigenvalue weighted by atomic mass is 16.5. The average Bonchev–Trinajstić information content (AvgIpc) is 2.54. The van der Waals surface area contributed by atoms with E-state index in [9.17, 15) is 0 Å². The van der Waals surface area contributed by atoms with E-state index in [2.05, 4.69) is 38.1 Å². The smallest absolute Gasteiger partial charge is 0.119 e. The lowest BCUT2D eigenvalue weighted by Crippen LogP contribution is -2.23. The molecule has 0 spiro atoms. The summed E-state index contributed by atoms with van der Waals surface area (Å²) in [6.45, 7) is 7.60. The fourth-order valence-electron chi connectivity index (χ4n) is 3.88. The van der Waals surface area contributed by atoms with Crippen LogP contribution in [0.15, 0.2) is 24.3 Å². The zero-order valence-corrected chi connectivity index (χ0v) is 14.9. The molecule has 1 aromatic carbocycles. The van der Waals surface area contributed by atoms with E-state index in [-0.39, 0.29) is 0 Å². The molecule has 1 nitrogen and oxygen atoms in total. The van der Waals surface area contributed by atoms with Crippen molar-refractivity contribution in [2.24, 2.45) is 5.41 Å². The van der Waals surface area contributed by atoms with Crippen molar-refractivity contribution in [3.05, 3.63) is 29.8 Å². The molecule has 1 fully saturated rings. The van der Waals surface area contributed by atoms with Crippen LogP contribution >= 0.6 is 0 Å². The molecule has 1 heteroatoms. The first-order valence-corrected chi connectivity index (χ1v) is 9.39. The average molecular weight is 303 g/mol. The van der Waals surface area contributed by atoms with Crippen LogP contribution in [0.25, 0.3) is 0 Å². The molecule has 0 N–H and O–H groups in total. The normalized spacial score (nSPS) is 25.1. The highest BCUT2D eigenvalue weighted by Gasteiger charge is 2.31. The van der Waals surface area contributed by atoms with Gasteiger partial charge in [-0.2, -0.15) is 0 Å². The first-order valence-electron chi connectivity index (χ1n) is 9.39. The summed E-state index contributed by atoms with van der Waals surface area (Å²) < 4.78 is 5.55. The van der Waals surface area contributed by atoms with Crippen molar-refractivity contribution in [1.29, 1.82) is 0 Å². The van der Waals surface area contributed by atoms with Crippen molar-refractivity contribution in [1.82, 2.24) is 0 Å². The van der Waals surface area contributed by atoms with Gasteiger partial charge in [0.05, 0.1) is 6.61 Å². The Labute approximate surface area is 137 Å². The molecule has 1 aromatic rings. The van der Waals surface area contributed by atoms with Gasteiger partial charge in [-0.15, -0.1) is 0 Å². The number of hydrogen-bond donors (Lipinski definition) is 0. The Kier molecular flexibility index (Phi) is 6.79. The molecule has 0 radical (unpaired) electrons. The molecule has 0 atom stereocenters. The van der Waals surface area contributed by atoms with Crippen LogP contribution in [0.3, 0.4) is 0 Å². The van der Waals surface area contributed by atoms with Crippen LogP contribution in [-0.2, 0) is 0 Å². The third kappa shape index (κ3) is 5.04. The number of ether oxygens (including phenoxy) is 1. The van der Waals surface area contributed by atoms with Crippen molar-refractivity contribution in [3.8, 4) is 5.75 Å². The van der Waals surface area contributed by atoms with Gasteiger partial charge in [-0.1, -0.05) is 51.7 Å². The summed E-state index contributed by atoms with van der Waals surface area (Å²) in [6, 6.07) is 8.83. The van der Waals surface area contributed by atoms with Crippen LogP contribution in [0.4, 0.5) is 0 Å². The van der Waals surface area contributed by atoms with Gasteiger partial charge in [0.1, 0.15) is 5.75 Å². The molecule has 1 aliphatic rings. The van der Waals surface area contributed by atoms with Gasteiger partial charge < -0.3 is 4.74 Å². The van der Waals surface area contributed by atoms with Crippen molar-refractivity contribution in [3.63, 3.8) is 0 Å². The van der Waals surface area contributed by atoms with Crippen LogP contribution in [0, 0.1) is 5.41 Å². The van der Waals surface area contributed by atoms with E-state index in [1.807, 2.05) is 6.92 Å². The Hall–Kier alpha value is -0.980. The largest absolute Gasteiger partial charge is 0.494 e. The lowest BCUT2D eigenvalue weighted by molar-refractivity contribution is 0.178. The topological polar surface area (TPSA) is 9.23 Å². The van der Waals surface area contributed by atoms with E-state index in [1.165, 1.54) is 63.4 Å². The Morgan fingerprint density at radius 3 is 2.27 bits per heavy atom. The maximum Gasteiger partial charge on any atom is 0.119 e. The maximum atomic E-state index is 5.55. The predicted molar refractivity (Wildman–Crippen MR) is 95.7 cm³/mol. The molecule has 0 aromatic heterocycles. The summed E-state index contributed by atoms with van der Waals surface area (Å²) in [7, 11) is 0. The first kappa shape index (κ1) is 17.4. The number of unbranched alkanes of at least 4 members (excludes halogenated alkanes) is 3. The van der Waals surface area contributed by atoms with Gasteiger partial charge in [0.25, 0.3) is 0 Å². The molecule has 0 aliphatic heterocycles. The Bertz CT molecular complexity index is 412. The fraction of sp³-hybridized carbons (Fsp3) is 0.714. The minimum Gasteiger partial charge on any atom is -0.494 e. The Morgan fingerprint density at radius 2 is 1.68 bits per heavy atom. The summed E-state index contributed by atoms with van der Waals surface area (Å²) in [5.41, 5.74) is 2.12. The first-order chi connectivity index (χ1) is 10.7. The van der Waals surface area contributed by atoms with Crippen LogP contribution in [0.5, 0.6) is 5.75 Å². The molecule has 0 unspecified atom stereocenters. The van der Waals surface area contributed by atoms with Gasteiger partial charge in [-0.05, 0) is 68.1 Å². The van der Waals surface area contributed by atoms with Gasteiger partial charge in [-0.25, -0.2) is 0 Å². The van der Waals surface area contributed by atoms with E-state index in [1.54, 1.807) is 0 Å².